The van der Waals surface area contributed by atoms with Gasteiger partial charge in [-0.25, -0.2) is 0 Å². The van der Waals surface area contributed by atoms with Crippen LogP contribution in [0.3, 0.4) is 0 Å². The number of hydrogen-bond acceptors (Lipinski definition) is 2. The van der Waals surface area contributed by atoms with Crippen molar-refractivity contribution < 1.29 is 0 Å². The third-order valence-corrected chi connectivity index (χ3v) is 1.54. The molecule has 0 aliphatic heterocycles. The Balaban J connectivity index is 3.20. The van der Waals surface area contributed by atoms with Gasteiger partial charge in [-0.05, 0) is 24.6 Å². The molecular formula is C10H12N2. The zero-order chi connectivity index (χ0) is 8.97. The Bertz CT molecular complexity index is 314. The molecule has 0 aliphatic carbocycles. The van der Waals surface area contributed by atoms with E-state index in [1.54, 1.807) is 12.3 Å². The Hall–Kier alpha value is -1.57. The van der Waals surface area contributed by atoms with Crippen molar-refractivity contribution in [2.75, 3.05) is 5.73 Å². The maximum absolute atomic E-state index is 5.60. The summed E-state index contributed by atoms with van der Waals surface area (Å²) >= 11 is 0. The predicted octanol–water partition coefficient (Wildman–Crippen LogP) is 2.63. The molecule has 0 spiro atoms. The van der Waals surface area contributed by atoms with Gasteiger partial charge in [-0.2, -0.15) is 0 Å². The number of nitrogens with zero attached hydrogens (tertiary/aromatic N) is 1. The standard InChI is InChI=1S/C10H12N2/c1-3-8-5-6-9(11)7-10(8)12-4-2/h3-7H,1,11H2,2H3. The number of hydrogen-bond donors (Lipinski definition) is 1. The lowest BCUT2D eigenvalue weighted by Gasteiger charge is -2.00. The first-order valence-corrected chi connectivity index (χ1v) is 3.78. The van der Waals surface area contributed by atoms with Gasteiger partial charge in [0.1, 0.15) is 0 Å². The highest BCUT2D eigenvalue weighted by atomic mass is 14.7. The van der Waals surface area contributed by atoms with Crippen molar-refractivity contribution in [1.82, 2.24) is 0 Å². The molecule has 1 rings (SSSR count). The molecule has 2 nitrogen and oxygen atoms in total. The van der Waals surface area contributed by atoms with Crippen molar-refractivity contribution in [2.45, 2.75) is 6.92 Å². The summed E-state index contributed by atoms with van der Waals surface area (Å²) in [5, 5.41) is 0. The van der Waals surface area contributed by atoms with Crippen LogP contribution >= 0.6 is 0 Å². The lowest BCUT2D eigenvalue weighted by atomic mass is 10.1. The van der Waals surface area contributed by atoms with Gasteiger partial charge in [-0.1, -0.05) is 18.7 Å². The quantitative estimate of drug-likeness (QED) is 0.524. The van der Waals surface area contributed by atoms with Crippen LogP contribution < -0.4 is 5.73 Å². The molecule has 0 aromatic heterocycles. The number of aliphatic imine (C=N–C) groups is 1. The minimum Gasteiger partial charge on any atom is -0.399 e. The average Bonchev–Trinajstić information content (AvgIpc) is 2.05. The van der Waals surface area contributed by atoms with Crippen molar-refractivity contribution in [3.8, 4) is 0 Å². The minimum atomic E-state index is 0.723. The lowest BCUT2D eigenvalue weighted by Crippen LogP contribution is -1.84. The molecule has 12 heavy (non-hydrogen) atoms. The smallest absolute Gasteiger partial charge is 0.0718 e. The fraction of sp³-hybridized carbons (Fsp3) is 0.100. The van der Waals surface area contributed by atoms with Crippen molar-refractivity contribution in [2.24, 2.45) is 4.99 Å². The second kappa shape index (κ2) is 3.72. The molecule has 0 atom stereocenters. The fourth-order valence-corrected chi connectivity index (χ4v) is 0.984. The summed E-state index contributed by atoms with van der Waals surface area (Å²) < 4.78 is 0. The monoisotopic (exact) mass is 160 g/mol. The zero-order valence-electron chi connectivity index (χ0n) is 7.12. The molecule has 0 bridgehead atoms. The highest BCUT2D eigenvalue weighted by molar-refractivity contribution is 5.71. The largest absolute Gasteiger partial charge is 0.399 e. The van der Waals surface area contributed by atoms with E-state index in [1.165, 1.54) is 0 Å². The highest BCUT2D eigenvalue weighted by Crippen LogP contribution is 2.22. The van der Waals surface area contributed by atoms with Crippen molar-refractivity contribution in [3.63, 3.8) is 0 Å². The van der Waals surface area contributed by atoms with E-state index in [9.17, 15) is 0 Å². The van der Waals surface area contributed by atoms with Crippen LogP contribution in [0, 0.1) is 0 Å². The lowest BCUT2D eigenvalue weighted by molar-refractivity contribution is 1.50. The molecule has 0 unspecified atom stereocenters. The molecule has 0 saturated heterocycles. The third kappa shape index (κ3) is 1.72. The Morgan fingerprint density at radius 2 is 2.25 bits per heavy atom. The first kappa shape index (κ1) is 8.53. The molecule has 0 radical (unpaired) electrons. The van der Waals surface area contributed by atoms with Crippen LogP contribution in [0.15, 0.2) is 29.8 Å². The van der Waals surface area contributed by atoms with E-state index in [4.69, 9.17) is 5.73 Å². The van der Waals surface area contributed by atoms with E-state index in [1.807, 2.05) is 25.1 Å². The second-order valence-corrected chi connectivity index (χ2v) is 2.41. The van der Waals surface area contributed by atoms with Gasteiger partial charge in [-0.15, -0.1) is 0 Å². The molecule has 0 fully saturated rings. The normalized spacial score (nSPS) is 10.4. The molecule has 0 heterocycles. The Labute approximate surface area is 72.4 Å². The number of benzene rings is 1. The number of rotatable bonds is 2. The van der Waals surface area contributed by atoms with Crippen molar-refractivity contribution in [1.29, 1.82) is 0 Å². The van der Waals surface area contributed by atoms with Gasteiger partial charge in [0, 0.05) is 11.9 Å². The number of nitrogen functional groups attached to an aromatic ring is 1. The van der Waals surface area contributed by atoms with Crippen LogP contribution in [-0.2, 0) is 0 Å². The van der Waals surface area contributed by atoms with Gasteiger partial charge in [0.15, 0.2) is 0 Å². The van der Waals surface area contributed by atoms with E-state index in [-0.39, 0.29) is 0 Å². The summed E-state index contributed by atoms with van der Waals surface area (Å²) in [7, 11) is 0. The van der Waals surface area contributed by atoms with E-state index >= 15 is 0 Å². The van der Waals surface area contributed by atoms with Gasteiger partial charge in [0.2, 0.25) is 0 Å². The highest BCUT2D eigenvalue weighted by Gasteiger charge is 1.95. The van der Waals surface area contributed by atoms with Crippen LogP contribution in [0.5, 0.6) is 0 Å². The molecule has 0 amide bonds. The van der Waals surface area contributed by atoms with Gasteiger partial charge in [0.05, 0.1) is 5.69 Å². The van der Waals surface area contributed by atoms with Gasteiger partial charge >= 0.3 is 0 Å². The fourth-order valence-electron chi connectivity index (χ4n) is 0.984. The van der Waals surface area contributed by atoms with Crippen LogP contribution in [0.2, 0.25) is 0 Å². The number of nitrogens with two attached hydrogens (primary N) is 1. The van der Waals surface area contributed by atoms with Gasteiger partial charge in [0.25, 0.3) is 0 Å². The van der Waals surface area contributed by atoms with E-state index in [2.05, 4.69) is 11.6 Å². The van der Waals surface area contributed by atoms with E-state index < -0.39 is 0 Å². The summed E-state index contributed by atoms with van der Waals surface area (Å²) in [6.07, 6.45) is 3.50. The topological polar surface area (TPSA) is 38.4 Å². The first-order valence-electron chi connectivity index (χ1n) is 3.78. The first-order chi connectivity index (χ1) is 5.77. The second-order valence-electron chi connectivity index (χ2n) is 2.41. The third-order valence-electron chi connectivity index (χ3n) is 1.54. The van der Waals surface area contributed by atoms with Crippen LogP contribution in [0.4, 0.5) is 11.4 Å². The SMILES string of the molecule is C=Cc1ccc(N)cc1N=CC. The maximum atomic E-state index is 5.60. The summed E-state index contributed by atoms with van der Waals surface area (Å²) in [5.74, 6) is 0. The Morgan fingerprint density at radius 1 is 1.50 bits per heavy atom. The van der Waals surface area contributed by atoms with Gasteiger partial charge < -0.3 is 5.73 Å². The predicted molar refractivity (Wildman–Crippen MR) is 54.8 cm³/mol. The van der Waals surface area contributed by atoms with Crippen molar-refractivity contribution >= 4 is 23.7 Å². The summed E-state index contributed by atoms with van der Waals surface area (Å²) in [4.78, 5) is 4.16. The number of anilines is 1. The average molecular weight is 160 g/mol. The zero-order valence-corrected chi connectivity index (χ0v) is 7.12. The molecular weight excluding hydrogens is 148 g/mol. The van der Waals surface area contributed by atoms with E-state index in [0.29, 0.717) is 0 Å². The Kier molecular flexibility index (Phi) is 2.64. The Morgan fingerprint density at radius 3 is 2.83 bits per heavy atom. The molecule has 1 aromatic carbocycles. The van der Waals surface area contributed by atoms with Crippen LogP contribution in [-0.4, -0.2) is 6.21 Å². The summed E-state index contributed by atoms with van der Waals surface area (Å²) in [6.45, 7) is 5.56. The molecule has 0 aliphatic rings. The van der Waals surface area contributed by atoms with Crippen LogP contribution in [0.25, 0.3) is 6.08 Å². The van der Waals surface area contributed by atoms with Crippen molar-refractivity contribution in [3.05, 3.63) is 30.3 Å². The molecule has 2 heteroatoms. The molecule has 2 N–H and O–H groups in total. The minimum absolute atomic E-state index is 0.723. The molecule has 1 aromatic rings. The molecule has 0 saturated carbocycles. The summed E-state index contributed by atoms with van der Waals surface area (Å²) in [5.41, 5.74) is 8.20. The van der Waals surface area contributed by atoms with E-state index in [0.717, 1.165) is 16.9 Å². The van der Waals surface area contributed by atoms with Gasteiger partial charge in [-0.3, -0.25) is 4.99 Å². The maximum Gasteiger partial charge on any atom is 0.0718 e. The van der Waals surface area contributed by atoms with Crippen LogP contribution in [0.1, 0.15) is 12.5 Å². The molecule has 62 valence electrons. The summed E-state index contributed by atoms with van der Waals surface area (Å²) in [6, 6.07) is 5.58.